The number of nitrogens with one attached hydrogen (secondary N) is 2. The molecule has 1 aliphatic rings. The van der Waals surface area contributed by atoms with Gasteiger partial charge in [0.2, 0.25) is 0 Å². The lowest BCUT2D eigenvalue weighted by Gasteiger charge is -2.26. The minimum atomic E-state index is -0.137. The molecule has 0 aliphatic carbocycles. The second-order valence-corrected chi connectivity index (χ2v) is 8.09. The number of ether oxygens (including phenoxy) is 1. The number of morpholine rings is 1. The second-order valence-electron chi connectivity index (χ2n) is 8.09. The summed E-state index contributed by atoms with van der Waals surface area (Å²) in [6, 6.07) is 11.5. The van der Waals surface area contributed by atoms with Gasteiger partial charge in [0.25, 0.3) is 5.91 Å². The molecule has 1 fully saturated rings. The van der Waals surface area contributed by atoms with Gasteiger partial charge in [-0.25, -0.2) is 4.98 Å². The molecule has 3 rings (SSSR count). The minimum absolute atomic E-state index is 0.0927. The maximum absolute atomic E-state index is 12.6. The third-order valence-corrected chi connectivity index (χ3v) is 4.87. The molecule has 1 aromatic carbocycles. The van der Waals surface area contributed by atoms with Crippen LogP contribution in [0.15, 0.2) is 42.6 Å². The molecule has 0 bridgehead atoms. The maximum Gasteiger partial charge on any atom is 0.255 e. The average Bonchev–Trinajstić information content (AvgIpc) is 2.69. The minimum Gasteiger partial charge on any atom is -0.379 e. The first-order valence-electron chi connectivity index (χ1n) is 9.84. The molecular weight excluding hydrogens is 352 g/mol. The summed E-state index contributed by atoms with van der Waals surface area (Å²) in [7, 11) is 0. The summed E-state index contributed by atoms with van der Waals surface area (Å²) < 4.78 is 5.36. The van der Waals surface area contributed by atoms with Crippen molar-refractivity contribution in [1.82, 2.24) is 9.88 Å². The molecular formula is C22H30N4O2. The SMILES string of the molecule is CC(C)(C)c1ccc(NC(=O)c2ccnc(NCCN3CCOCC3)c2)cc1. The van der Waals surface area contributed by atoms with Gasteiger partial charge in [0.15, 0.2) is 0 Å². The normalized spacial score (nSPS) is 15.2. The molecule has 0 atom stereocenters. The van der Waals surface area contributed by atoms with Crippen LogP contribution < -0.4 is 10.6 Å². The Bertz CT molecular complexity index is 778. The zero-order valence-corrected chi connectivity index (χ0v) is 17.0. The fourth-order valence-electron chi connectivity index (χ4n) is 3.09. The molecule has 2 N–H and O–H groups in total. The Morgan fingerprint density at radius 3 is 2.54 bits per heavy atom. The van der Waals surface area contributed by atoms with Gasteiger partial charge >= 0.3 is 0 Å². The number of hydrogen-bond donors (Lipinski definition) is 2. The molecule has 6 nitrogen and oxygen atoms in total. The predicted molar refractivity (Wildman–Crippen MR) is 113 cm³/mol. The van der Waals surface area contributed by atoms with Crippen molar-refractivity contribution in [2.75, 3.05) is 50.0 Å². The summed E-state index contributed by atoms with van der Waals surface area (Å²) in [5.41, 5.74) is 2.71. The van der Waals surface area contributed by atoms with Gasteiger partial charge in [-0.1, -0.05) is 32.9 Å². The third kappa shape index (κ3) is 5.78. The standard InChI is InChI=1S/C22H30N4O2/c1-22(2,3)18-4-6-19(7-5-18)25-21(27)17-8-9-23-20(16-17)24-10-11-26-12-14-28-15-13-26/h4-9,16H,10-15H2,1-3H3,(H,23,24)(H,25,27). The Kier molecular flexibility index (Phi) is 6.65. The third-order valence-electron chi connectivity index (χ3n) is 4.87. The smallest absolute Gasteiger partial charge is 0.255 e. The molecule has 0 radical (unpaired) electrons. The van der Waals surface area contributed by atoms with Crippen LogP contribution in [-0.2, 0) is 10.2 Å². The number of amides is 1. The Balaban J connectivity index is 1.54. The molecule has 2 aromatic rings. The van der Waals surface area contributed by atoms with E-state index in [1.165, 1.54) is 5.56 Å². The molecule has 28 heavy (non-hydrogen) atoms. The van der Waals surface area contributed by atoms with Crippen molar-refractivity contribution in [3.05, 3.63) is 53.7 Å². The van der Waals surface area contributed by atoms with Crippen molar-refractivity contribution in [2.24, 2.45) is 0 Å². The quantitative estimate of drug-likeness (QED) is 0.802. The molecule has 1 saturated heterocycles. The largest absolute Gasteiger partial charge is 0.379 e. The van der Waals surface area contributed by atoms with E-state index in [4.69, 9.17) is 4.74 Å². The van der Waals surface area contributed by atoms with Gasteiger partial charge in [0.1, 0.15) is 5.82 Å². The Morgan fingerprint density at radius 2 is 1.86 bits per heavy atom. The highest BCUT2D eigenvalue weighted by molar-refractivity contribution is 6.04. The van der Waals surface area contributed by atoms with Crippen molar-refractivity contribution in [3.63, 3.8) is 0 Å². The summed E-state index contributed by atoms with van der Waals surface area (Å²) in [5.74, 6) is 0.575. The van der Waals surface area contributed by atoms with E-state index in [1.807, 2.05) is 12.1 Å². The molecule has 1 aromatic heterocycles. The van der Waals surface area contributed by atoms with E-state index in [-0.39, 0.29) is 11.3 Å². The van der Waals surface area contributed by atoms with E-state index in [2.05, 4.69) is 53.4 Å². The monoisotopic (exact) mass is 382 g/mol. The maximum atomic E-state index is 12.6. The predicted octanol–water partition coefficient (Wildman–Crippen LogP) is 3.38. The number of pyridine rings is 1. The zero-order chi connectivity index (χ0) is 20.0. The second kappa shape index (κ2) is 9.17. The van der Waals surface area contributed by atoms with Crippen LogP contribution in [0, 0.1) is 0 Å². The van der Waals surface area contributed by atoms with E-state index in [9.17, 15) is 4.79 Å². The van der Waals surface area contributed by atoms with Crippen LogP contribution in [-0.4, -0.2) is 55.2 Å². The summed E-state index contributed by atoms with van der Waals surface area (Å²) in [6.45, 7) is 11.8. The molecule has 1 amide bonds. The molecule has 0 spiro atoms. The highest BCUT2D eigenvalue weighted by Gasteiger charge is 2.14. The van der Waals surface area contributed by atoms with E-state index < -0.39 is 0 Å². The van der Waals surface area contributed by atoms with Crippen LogP contribution >= 0.6 is 0 Å². The number of anilines is 2. The van der Waals surface area contributed by atoms with Crippen molar-refractivity contribution in [3.8, 4) is 0 Å². The lowest BCUT2D eigenvalue weighted by Crippen LogP contribution is -2.39. The van der Waals surface area contributed by atoms with Crippen LogP contribution in [0.3, 0.4) is 0 Å². The molecule has 0 saturated carbocycles. The van der Waals surface area contributed by atoms with Gasteiger partial charge in [-0.05, 0) is 35.2 Å². The van der Waals surface area contributed by atoms with Crippen LogP contribution in [0.1, 0.15) is 36.7 Å². The molecule has 0 unspecified atom stereocenters. The molecule has 2 heterocycles. The van der Waals surface area contributed by atoms with E-state index >= 15 is 0 Å². The van der Waals surface area contributed by atoms with Gasteiger partial charge in [-0.3, -0.25) is 9.69 Å². The fourth-order valence-corrected chi connectivity index (χ4v) is 3.09. The summed E-state index contributed by atoms with van der Waals surface area (Å²) in [4.78, 5) is 19.3. The topological polar surface area (TPSA) is 66.5 Å². The number of carbonyl (C=O) groups is 1. The number of benzene rings is 1. The van der Waals surface area contributed by atoms with Crippen molar-refractivity contribution >= 4 is 17.4 Å². The highest BCUT2D eigenvalue weighted by atomic mass is 16.5. The Hall–Kier alpha value is -2.44. The van der Waals surface area contributed by atoms with Crippen LogP contribution in [0.4, 0.5) is 11.5 Å². The van der Waals surface area contributed by atoms with Gasteiger partial charge in [0, 0.05) is 43.6 Å². The Morgan fingerprint density at radius 1 is 1.14 bits per heavy atom. The van der Waals surface area contributed by atoms with Crippen LogP contribution in [0.25, 0.3) is 0 Å². The first kappa shape index (κ1) is 20.3. The van der Waals surface area contributed by atoms with Gasteiger partial charge in [-0.2, -0.15) is 0 Å². The van der Waals surface area contributed by atoms with E-state index in [0.29, 0.717) is 11.4 Å². The first-order chi connectivity index (χ1) is 13.4. The van der Waals surface area contributed by atoms with Gasteiger partial charge < -0.3 is 15.4 Å². The average molecular weight is 383 g/mol. The van der Waals surface area contributed by atoms with Crippen molar-refractivity contribution in [1.29, 1.82) is 0 Å². The first-order valence-corrected chi connectivity index (χ1v) is 9.84. The van der Waals surface area contributed by atoms with E-state index in [1.54, 1.807) is 18.3 Å². The fraction of sp³-hybridized carbons (Fsp3) is 0.455. The van der Waals surface area contributed by atoms with Gasteiger partial charge in [0.05, 0.1) is 13.2 Å². The number of rotatable bonds is 6. The Labute approximate surface area is 167 Å². The van der Waals surface area contributed by atoms with Crippen LogP contribution in [0.5, 0.6) is 0 Å². The summed E-state index contributed by atoms with van der Waals surface area (Å²) in [5, 5.41) is 6.26. The molecule has 6 heteroatoms. The summed E-state index contributed by atoms with van der Waals surface area (Å²) >= 11 is 0. The number of carbonyl (C=O) groups excluding carboxylic acids is 1. The van der Waals surface area contributed by atoms with Crippen LogP contribution in [0.2, 0.25) is 0 Å². The van der Waals surface area contributed by atoms with Crippen molar-refractivity contribution in [2.45, 2.75) is 26.2 Å². The van der Waals surface area contributed by atoms with Crippen molar-refractivity contribution < 1.29 is 9.53 Å². The lowest BCUT2D eigenvalue weighted by molar-refractivity contribution is 0.0398. The molecule has 150 valence electrons. The summed E-state index contributed by atoms with van der Waals surface area (Å²) in [6.07, 6.45) is 1.66. The number of aromatic nitrogens is 1. The highest BCUT2D eigenvalue weighted by Crippen LogP contribution is 2.23. The van der Waals surface area contributed by atoms with E-state index in [0.717, 1.165) is 45.1 Å². The zero-order valence-electron chi connectivity index (χ0n) is 17.0. The number of nitrogens with zero attached hydrogens (tertiary/aromatic N) is 2. The lowest BCUT2D eigenvalue weighted by atomic mass is 9.87. The van der Waals surface area contributed by atoms with Gasteiger partial charge in [-0.15, -0.1) is 0 Å². The molecule has 1 aliphatic heterocycles. The number of hydrogen-bond acceptors (Lipinski definition) is 5.